The first-order chi connectivity index (χ1) is 14.0. The second-order valence-electron chi connectivity index (χ2n) is 8.44. The van der Waals surface area contributed by atoms with Gasteiger partial charge in [-0.05, 0) is 36.8 Å². The summed E-state index contributed by atoms with van der Waals surface area (Å²) in [6.07, 6.45) is 0.241. The summed E-state index contributed by atoms with van der Waals surface area (Å²) in [5.74, 6) is 0. The molecule has 2 saturated carbocycles. The molecular weight excluding hydrogens is 390 g/mol. The van der Waals surface area contributed by atoms with Crippen LogP contribution in [0.1, 0.15) is 62.5 Å². The van der Waals surface area contributed by atoms with Crippen LogP contribution >= 0.6 is 0 Å². The summed E-state index contributed by atoms with van der Waals surface area (Å²) in [6, 6.07) is 17.4. The fourth-order valence-corrected chi connectivity index (χ4v) is 8.81. The summed E-state index contributed by atoms with van der Waals surface area (Å²) in [5, 5.41) is 0. The van der Waals surface area contributed by atoms with Gasteiger partial charge in [0.25, 0.3) is 0 Å². The molecular formula is C24H28F2O2S. The van der Waals surface area contributed by atoms with Gasteiger partial charge in [0.15, 0.2) is 9.84 Å². The van der Waals surface area contributed by atoms with Crippen LogP contribution in [0.4, 0.5) is 8.78 Å². The smallest absolute Gasteiger partial charge is 0.175 e. The molecule has 0 N–H and O–H groups in total. The Hall–Kier alpha value is -1.75. The number of sulfone groups is 1. The molecule has 0 aliphatic heterocycles. The number of hydrogen-bond donors (Lipinski definition) is 0. The molecule has 2 fully saturated rings. The highest BCUT2D eigenvalue weighted by molar-refractivity contribution is 7.93. The Morgan fingerprint density at radius 3 is 1.38 bits per heavy atom. The third kappa shape index (κ3) is 2.96. The highest BCUT2D eigenvalue weighted by Gasteiger charge is 2.65. The molecule has 2 aromatic carbocycles. The average Bonchev–Trinajstić information content (AvgIpc) is 2.75. The van der Waals surface area contributed by atoms with Crippen molar-refractivity contribution in [2.24, 2.45) is 0 Å². The zero-order chi connectivity index (χ0) is 20.5. The number of rotatable bonds is 4. The van der Waals surface area contributed by atoms with Crippen molar-refractivity contribution in [3.63, 3.8) is 0 Å². The van der Waals surface area contributed by atoms with Crippen molar-refractivity contribution in [1.29, 1.82) is 0 Å². The maximum atomic E-state index is 15.8. The van der Waals surface area contributed by atoms with Crippen LogP contribution in [0.2, 0.25) is 0 Å². The molecule has 29 heavy (non-hydrogen) atoms. The van der Waals surface area contributed by atoms with Crippen LogP contribution < -0.4 is 0 Å². The molecule has 0 saturated heterocycles. The van der Waals surface area contributed by atoms with E-state index in [2.05, 4.69) is 0 Å². The molecule has 4 rings (SSSR count). The van der Waals surface area contributed by atoms with E-state index in [1.54, 1.807) is 60.7 Å². The molecule has 0 aromatic heterocycles. The largest absolute Gasteiger partial charge is 0.245 e. The molecule has 0 bridgehead atoms. The van der Waals surface area contributed by atoms with Crippen molar-refractivity contribution in [2.75, 3.05) is 0 Å². The van der Waals surface area contributed by atoms with E-state index in [9.17, 15) is 8.42 Å². The summed E-state index contributed by atoms with van der Waals surface area (Å²) >= 11 is 0. The van der Waals surface area contributed by atoms with E-state index in [-0.39, 0.29) is 25.7 Å². The van der Waals surface area contributed by atoms with Gasteiger partial charge in [-0.25, -0.2) is 17.2 Å². The number of halogens is 2. The molecule has 2 aliphatic rings. The minimum Gasteiger partial charge on any atom is -0.245 e. The molecule has 4 atom stereocenters. The predicted molar refractivity (Wildman–Crippen MR) is 112 cm³/mol. The number of hydrogen-bond acceptors (Lipinski definition) is 2. The molecule has 4 unspecified atom stereocenters. The molecule has 0 radical (unpaired) electrons. The molecule has 5 heteroatoms. The van der Waals surface area contributed by atoms with E-state index in [0.717, 1.165) is 0 Å². The fourth-order valence-electron chi connectivity index (χ4n) is 5.53. The number of alkyl halides is 2. The van der Waals surface area contributed by atoms with Gasteiger partial charge in [-0.2, -0.15) is 0 Å². The SMILES string of the molecule is O=S(=O)(C1(c2ccccc2)CCCCC1F)C1(c2ccccc2)CCCCC1F. The molecule has 2 aliphatic carbocycles. The summed E-state index contributed by atoms with van der Waals surface area (Å²) in [4.78, 5) is 0. The molecule has 0 heterocycles. The Morgan fingerprint density at radius 2 is 1.03 bits per heavy atom. The van der Waals surface area contributed by atoms with E-state index >= 15 is 8.78 Å². The average molecular weight is 419 g/mol. The molecule has 2 nitrogen and oxygen atoms in total. The fraction of sp³-hybridized carbons (Fsp3) is 0.500. The quantitative estimate of drug-likeness (QED) is 0.609. The summed E-state index contributed by atoms with van der Waals surface area (Å²) in [5.41, 5.74) is 0.917. The van der Waals surface area contributed by atoms with E-state index in [4.69, 9.17) is 0 Å². The van der Waals surface area contributed by atoms with Crippen LogP contribution in [-0.4, -0.2) is 20.8 Å². The Morgan fingerprint density at radius 1 is 0.655 bits per heavy atom. The van der Waals surface area contributed by atoms with E-state index in [1.165, 1.54) is 0 Å². The van der Waals surface area contributed by atoms with Crippen LogP contribution in [0, 0.1) is 0 Å². The van der Waals surface area contributed by atoms with Gasteiger partial charge >= 0.3 is 0 Å². The van der Waals surface area contributed by atoms with Gasteiger partial charge < -0.3 is 0 Å². The second kappa shape index (κ2) is 7.82. The lowest BCUT2D eigenvalue weighted by molar-refractivity contribution is 0.155. The zero-order valence-corrected chi connectivity index (χ0v) is 17.4. The molecule has 0 amide bonds. The maximum absolute atomic E-state index is 15.8. The molecule has 0 spiro atoms. The van der Waals surface area contributed by atoms with Gasteiger partial charge in [-0.1, -0.05) is 86.3 Å². The first-order valence-corrected chi connectivity index (χ1v) is 12.1. The van der Waals surface area contributed by atoms with Gasteiger partial charge in [0, 0.05) is 0 Å². The van der Waals surface area contributed by atoms with Crippen LogP contribution in [-0.2, 0) is 19.3 Å². The lowest BCUT2D eigenvalue weighted by atomic mass is 9.80. The van der Waals surface area contributed by atoms with Gasteiger partial charge in [0.2, 0.25) is 0 Å². The van der Waals surface area contributed by atoms with Gasteiger partial charge in [0.05, 0.1) is 0 Å². The third-order valence-corrected chi connectivity index (χ3v) is 10.3. The lowest BCUT2D eigenvalue weighted by Crippen LogP contribution is -2.58. The minimum absolute atomic E-state index is 0.190. The van der Waals surface area contributed by atoms with Crippen molar-refractivity contribution in [2.45, 2.75) is 73.2 Å². The Kier molecular flexibility index (Phi) is 5.54. The normalized spacial score (nSPS) is 33.3. The minimum atomic E-state index is -4.26. The highest BCUT2D eigenvalue weighted by Crippen LogP contribution is 2.57. The predicted octanol–water partition coefficient (Wildman–Crippen LogP) is 6.02. The van der Waals surface area contributed by atoms with E-state index in [1.807, 2.05) is 0 Å². The van der Waals surface area contributed by atoms with Crippen LogP contribution in [0.5, 0.6) is 0 Å². The first kappa shape index (κ1) is 20.5. The monoisotopic (exact) mass is 418 g/mol. The van der Waals surface area contributed by atoms with Crippen LogP contribution in [0.3, 0.4) is 0 Å². The van der Waals surface area contributed by atoms with Gasteiger partial charge in [-0.3, -0.25) is 0 Å². The maximum Gasteiger partial charge on any atom is 0.175 e. The summed E-state index contributed by atoms with van der Waals surface area (Å²) < 4.78 is 57.1. The second-order valence-corrected chi connectivity index (χ2v) is 10.9. The van der Waals surface area contributed by atoms with Crippen molar-refractivity contribution in [1.82, 2.24) is 0 Å². The van der Waals surface area contributed by atoms with Gasteiger partial charge in [-0.15, -0.1) is 0 Å². The highest BCUT2D eigenvalue weighted by atomic mass is 32.2. The van der Waals surface area contributed by atoms with Crippen molar-refractivity contribution >= 4 is 9.84 Å². The Labute approximate surface area is 172 Å². The first-order valence-electron chi connectivity index (χ1n) is 10.6. The van der Waals surface area contributed by atoms with Crippen molar-refractivity contribution in [3.8, 4) is 0 Å². The van der Waals surface area contributed by atoms with Crippen LogP contribution in [0.25, 0.3) is 0 Å². The topological polar surface area (TPSA) is 34.1 Å². The molecule has 156 valence electrons. The van der Waals surface area contributed by atoms with E-state index in [0.29, 0.717) is 36.8 Å². The van der Waals surface area contributed by atoms with Crippen molar-refractivity contribution in [3.05, 3.63) is 71.8 Å². The zero-order valence-electron chi connectivity index (χ0n) is 16.6. The summed E-state index contributed by atoms with van der Waals surface area (Å²) in [7, 11) is -4.26. The van der Waals surface area contributed by atoms with Gasteiger partial charge in [0.1, 0.15) is 21.8 Å². The standard InChI is InChI=1S/C24H28F2O2S/c25-21-15-7-9-17-23(21,19-11-3-1-4-12-19)29(27,28)24(18-10-8-16-22(24)26)20-13-5-2-6-14-20/h1-6,11-14,21-22H,7-10,15-18H2. The lowest BCUT2D eigenvalue weighted by Gasteiger charge is -2.49. The summed E-state index contributed by atoms with van der Waals surface area (Å²) in [6.45, 7) is 0. The van der Waals surface area contributed by atoms with Crippen molar-refractivity contribution < 1.29 is 17.2 Å². The third-order valence-electron chi connectivity index (χ3n) is 7.01. The number of benzene rings is 2. The van der Waals surface area contributed by atoms with E-state index < -0.39 is 31.7 Å². The Balaban J connectivity index is 2.00. The van der Waals surface area contributed by atoms with Crippen LogP contribution in [0.15, 0.2) is 60.7 Å². The Bertz CT molecular complexity index is 860. The molecule has 2 aromatic rings.